The number of benzene rings is 9. The van der Waals surface area contributed by atoms with Crippen molar-refractivity contribution in [3.8, 4) is 55.6 Å². The molecule has 0 spiro atoms. The van der Waals surface area contributed by atoms with Crippen molar-refractivity contribution in [2.45, 2.75) is 0 Å². The second kappa shape index (κ2) is 12.0. The standard InChI is InChI=1S/C50H32O/c1-3-12-33(13-4-1)35-22-24-36(25-23-35)37-26-28-38(29-27-37)48-40-16-7-9-18-42(40)49(43-19-10-8-17-41(43)48)44-20-11-21-47-50(44)45-32-39(30-31-46(45)51-47)34-14-5-2-6-15-34/h1-32H/i2D,5D,6D,14D,15D,22D,23D,24D,25D,26D,27D,28D,29D. The number of hydrogen-bond donors (Lipinski definition) is 0. The van der Waals surface area contributed by atoms with Gasteiger partial charge in [-0.05, 0) is 95.4 Å². The molecular weight excluding hydrogens is 617 g/mol. The first kappa shape index (κ1) is 18.9. The van der Waals surface area contributed by atoms with Crippen LogP contribution >= 0.6 is 0 Å². The van der Waals surface area contributed by atoms with Crippen LogP contribution in [0, 0.1) is 0 Å². The largest absolute Gasteiger partial charge is 0.456 e. The molecule has 1 heteroatoms. The molecule has 0 unspecified atom stereocenters. The molecule has 0 aliphatic heterocycles. The van der Waals surface area contributed by atoms with Crippen molar-refractivity contribution in [3.05, 3.63) is 194 Å². The minimum Gasteiger partial charge on any atom is -0.456 e. The Bertz CT molecular complexity index is 3510. The van der Waals surface area contributed by atoms with Crippen molar-refractivity contribution in [3.63, 3.8) is 0 Å². The van der Waals surface area contributed by atoms with E-state index in [1.165, 1.54) is 0 Å². The van der Waals surface area contributed by atoms with Crippen LogP contribution in [0.4, 0.5) is 0 Å². The van der Waals surface area contributed by atoms with E-state index in [0.29, 0.717) is 49.4 Å². The minimum atomic E-state index is -0.508. The summed E-state index contributed by atoms with van der Waals surface area (Å²) in [5.41, 5.74) is 3.41. The van der Waals surface area contributed by atoms with E-state index in [1.54, 1.807) is 48.5 Å². The summed E-state index contributed by atoms with van der Waals surface area (Å²) in [6, 6.07) is 28.8. The average molecular weight is 662 g/mol. The van der Waals surface area contributed by atoms with Crippen LogP contribution < -0.4 is 0 Å². The van der Waals surface area contributed by atoms with Gasteiger partial charge in [-0.25, -0.2) is 0 Å². The maximum atomic E-state index is 9.51. The van der Waals surface area contributed by atoms with Crippen LogP contribution in [-0.2, 0) is 0 Å². The highest BCUT2D eigenvalue weighted by molar-refractivity contribution is 6.25. The number of furan rings is 1. The van der Waals surface area contributed by atoms with Gasteiger partial charge in [-0.2, -0.15) is 0 Å². The van der Waals surface area contributed by atoms with E-state index >= 15 is 0 Å². The topological polar surface area (TPSA) is 13.1 Å². The molecule has 1 nitrogen and oxygen atoms in total. The van der Waals surface area contributed by atoms with Gasteiger partial charge in [0.1, 0.15) is 11.2 Å². The van der Waals surface area contributed by atoms with Crippen molar-refractivity contribution in [1.29, 1.82) is 0 Å². The summed E-state index contributed by atoms with van der Waals surface area (Å²) in [5, 5.41) is 4.03. The molecular formula is C50H32O. The Morgan fingerprint density at radius 3 is 1.49 bits per heavy atom. The molecule has 0 aliphatic carbocycles. The van der Waals surface area contributed by atoms with Gasteiger partial charge in [-0.1, -0.05) is 176 Å². The maximum absolute atomic E-state index is 9.51. The molecule has 9 aromatic carbocycles. The summed E-state index contributed by atoms with van der Waals surface area (Å²) >= 11 is 0. The van der Waals surface area contributed by atoms with E-state index in [2.05, 4.69) is 0 Å². The van der Waals surface area contributed by atoms with Gasteiger partial charge in [0, 0.05) is 10.8 Å². The first-order valence-corrected chi connectivity index (χ1v) is 16.5. The Hall–Kier alpha value is -6.70. The van der Waals surface area contributed by atoms with E-state index in [0.717, 1.165) is 21.9 Å². The predicted molar refractivity (Wildman–Crippen MR) is 216 cm³/mol. The average Bonchev–Trinajstić information content (AvgIpc) is 3.69. The van der Waals surface area contributed by atoms with E-state index in [9.17, 15) is 5.48 Å². The molecule has 51 heavy (non-hydrogen) atoms. The van der Waals surface area contributed by atoms with E-state index in [4.69, 9.17) is 16.8 Å². The Kier molecular flexibility index (Phi) is 4.45. The molecule has 238 valence electrons. The lowest BCUT2D eigenvalue weighted by atomic mass is 9.84. The highest BCUT2D eigenvalue weighted by atomic mass is 16.3. The lowest BCUT2D eigenvalue weighted by molar-refractivity contribution is 0.669. The van der Waals surface area contributed by atoms with Crippen LogP contribution in [0.5, 0.6) is 0 Å². The van der Waals surface area contributed by atoms with Gasteiger partial charge in [0.25, 0.3) is 0 Å². The van der Waals surface area contributed by atoms with Crippen molar-refractivity contribution < 1.29 is 22.2 Å². The van der Waals surface area contributed by atoms with E-state index in [-0.39, 0.29) is 52.0 Å². The Labute approximate surface area is 315 Å². The zero-order valence-corrected chi connectivity index (χ0v) is 26.9. The zero-order valence-electron chi connectivity index (χ0n) is 39.9. The van der Waals surface area contributed by atoms with E-state index < -0.39 is 54.4 Å². The van der Waals surface area contributed by atoms with Crippen LogP contribution in [0.2, 0.25) is 0 Å². The summed E-state index contributed by atoms with van der Waals surface area (Å²) in [7, 11) is 0. The number of rotatable bonds is 5. The van der Waals surface area contributed by atoms with Crippen molar-refractivity contribution in [2.75, 3.05) is 0 Å². The van der Waals surface area contributed by atoms with Gasteiger partial charge in [0.15, 0.2) is 0 Å². The molecule has 0 radical (unpaired) electrons. The molecule has 10 aromatic rings. The Morgan fingerprint density at radius 2 is 0.863 bits per heavy atom. The molecule has 0 saturated carbocycles. The normalized spacial score (nSPS) is 15.1. The number of fused-ring (bicyclic) bond motifs is 5. The molecule has 0 amide bonds. The van der Waals surface area contributed by atoms with Crippen LogP contribution in [0.3, 0.4) is 0 Å². The molecule has 1 heterocycles. The molecule has 0 fully saturated rings. The minimum absolute atomic E-state index is 0.00379. The molecule has 0 saturated heterocycles. The lowest BCUT2D eigenvalue weighted by Gasteiger charge is -2.18. The Balaban J connectivity index is 1.23. The Morgan fingerprint density at radius 1 is 0.333 bits per heavy atom. The lowest BCUT2D eigenvalue weighted by Crippen LogP contribution is -1.91. The van der Waals surface area contributed by atoms with Gasteiger partial charge in [0.2, 0.25) is 0 Å². The van der Waals surface area contributed by atoms with Crippen LogP contribution in [0.1, 0.15) is 17.8 Å². The fourth-order valence-corrected chi connectivity index (χ4v) is 7.02. The quantitative estimate of drug-likeness (QED) is 0.167. The van der Waals surface area contributed by atoms with Gasteiger partial charge in [-0.3, -0.25) is 0 Å². The fourth-order valence-electron chi connectivity index (χ4n) is 7.02. The van der Waals surface area contributed by atoms with Gasteiger partial charge in [-0.15, -0.1) is 0 Å². The maximum Gasteiger partial charge on any atom is 0.136 e. The molecule has 0 bridgehead atoms. The first-order valence-electron chi connectivity index (χ1n) is 23.0. The zero-order chi connectivity index (χ0) is 45.0. The van der Waals surface area contributed by atoms with E-state index in [1.807, 2.05) is 66.7 Å². The molecule has 0 atom stereocenters. The van der Waals surface area contributed by atoms with Crippen molar-refractivity contribution in [2.24, 2.45) is 0 Å². The number of hydrogen-bond acceptors (Lipinski definition) is 1. The fraction of sp³-hybridized carbons (Fsp3) is 0. The summed E-state index contributed by atoms with van der Waals surface area (Å²) in [4.78, 5) is 0. The van der Waals surface area contributed by atoms with Crippen LogP contribution in [0.15, 0.2) is 198 Å². The summed E-state index contributed by atoms with van der Waals surface area (Å²) in [6.45, 7) is 0. The third-order valence-corrected chi connectivity index (χ3v) is 9.30. The van der Waals surface area contributed by atoms with Gasteiger partial charge in [0.05, 0.1) is 17.8 Å². The van der Waals surface area contributed by atoms with Gasteiger partial charge >= 0.3 is 0 Å². The highest BCUT2D eigenvalue weighted by Crippen LogP contribution is 2.47. The predicted octanol–water partition coefficient (Wildman–Crippen LogP) is 14.2. The van der Waals surface area contributed by atoms with Crippen LogP contribution in [-0.4, -0.2) is 0 Å². The molecule has 10 rings (SSSR count). The van der Waals surface area contributed by atoms with Crippen molar-refractivity contribution in [1.82, 2.24) is 0 Å². The second-order valence-corrected chi connectivity index (χ2v) is 12.2. The molecule has 0 aliphatic rings. The SMILES string of the molecule is [2H]c1c([2H])c([2H])c(-c2ccc3oc4cccc(-c5c6ccccc6c(-c6c([2H])c([2H])c(-c7c([2H])c([2H])c(-c8ccccc8)c([2H])c7[2H])c([2H])c6[2H])c6ccccc56)c4c3c2)c([2H])c1[2H]. The van der Waals surface area contributed by atoms with Crippen LogP contribution in [0.25, 0.3) is 99.1 Å². The summed E-state index contributed by atoms with van der Waals surface area (Å²) in [5.74, 6) is 0. The summed E-state index contributed by atoms with van der Waals surface area (Å²) < 4.78 is 122. The second-order valence-electron chi connectivity index (χ2n) is 12.2. The summed E-state index contributed by atoms with van der Waals surface area (Å²) in [6.07, 6.45) is 0. The molecule has 1 aromatic heterocycles. The molecule has 0 N–H and O–H groups in total. The van der Waals surface area contributed by atoms with Crippen molar-refractivity contribution >= 4 is 43.5 Å². The monoisotopic (exact) mass is 661 g/mol. The first-order chi connectivity index (χ1) is 30.7. The smallest absolute Gasteiger partial charge is 0.136 e. The third-order valence-electron chi connectivity index (χ3n) is 9.30. The highest BCUT2D eigenvalue weighted by Gasteiger charge is 2.20. The third kappa shape index (κ3) is 4.94. The van der Waals surface area contributed by atoms with Gasteiger partial charge < -0.3 is 4.42 Å².